The smallest absolute Gasteiger partial charge is 0.444 e. The molecule has 6 nitrogen and oxygen atoms in total. The lowest BCUT2D eigenvalue weighted by Gasteiger charge is -2.32. The second kappa shape index (κ2) is 8.17. The van der Waals surface area contributed by atoms with Crippen LogP contribution in [0.25, 0.3) is 0 Å². The van der Waals surface area contributed by atoms with E-state index in [0.717, 1.165) is 25.0 Å². The first-order valence-electron chi connectivity index (χ1n) is 10.9. The molecule has 3 rings (SSSR count). The molecular formula is C23H37BN2O4. The van der Waals surface area contributed by atoms with Crippen molar-refractivity contribution in [2.45, 2.75) is 84.3 Å². The number of rotatable bonds is 4. The highest BCUT2D eigenvalue weighted by molar-refractivity contribution is 6.62. The van der Waals surface area contributed by atoms with Gasteiger partial charge in [0.1, 0.15) is 5.60 Å². The molecule has 0 spiro atoms. The Labute approximate surface area is 182 Å². The molecule has 1 atom stereocenters. The fourth-order valence-corrected chi connectivity index (χ4v) is 3.77. The fourth-order valence-electron chi connectivity index (χ4n) is 3.77. The number of hydrogen-bond donors (Lipinski definition) is 0. The minimum atomic E-state index is -0.458. The number of likely N-dealkylation sites (tertiary alicyclic amines) is 1. The Balaban J connectivity index is 1.54. The van der Waals surface area contributed by atoms with Gasteiger partial charge in [0.2, 0.25) is 0 Å². The molecule has 2 heterocycles. The summed E-state index contributed by atoms with van der Waals surface area (Å²) in [5, 5.41) is 0. The van der Waals surface area contributed by atoms with Crippen LogP contribution in [0.4, 0.5) is 4.79 Å². The molecule has 1 aromatic carbocycles. The number of benzene rings is 1. The van der Waals surface area contributed by atoms with Gasteiger partial charge < -0.3 is 18.9 Å². The topological polar surface area (TPSA) is 51.2 Å². The summed E-state index contributed by atoms with van der Waals surface area (Å²) in [6.45, 7) is 16.3. The van der Waals surface area contributed by atoms with E-state index in [2.05, 4.69) is 63.9 Å². The van der Waals surface area contributed by atoms with Gasteiger partial charge in [-0.05, 0) is 73.0 Å². The summed E-state index contributed by atoms with van der Waals surface area (Å²) in [4.78, 5) is 16.4. The zero-order valence-corrected chi connectivity index (χ0v) is 19.8. The summed E-state index contributed by atoms with van der Waals surface area (Å²) >= 11 is 0. The van der Waals surface area contributed by atoms with Crippen molar-refractivity contribution in [3.8, 4) is 0 Å². The molecule has 0 saturated carbocycles. The molecule has 1 aromatic rings. The first-order chi connectivity index (χ1) is 13.8. The Kier molecular flexibility index (Phi) is 6.29. The van der Waals surface area contributed by atoms with Crippen molar-refractivity contribution in [2.24, 2.45) is 0 Å². The van der Waals surface area contributed by atoms with Crippen LogP contribution in [0.2, 0.25) is 0 Å². The van der Waals surface area contributed by atoms with Crippen LogP contribution < -0.4 is 5.46 Å². The average molecular weight is 416 g/mol. The van der Waals surface area contributed by atoms with Gasteiger partial charge in [-0.25, -0.2) is 4.79 Å². The van der Waals surface area contributed by atoms with Crippen molar-refractivity contribution in [1.82, 2.24) is 9.80 Å². The Morgan fingerprint density at radius 1 is 1.17 bits per heavy atom. The number of nitrogens with zero attached hydrogens (tertiary/aromatic N) is 2. The van der Waals surface area contributed by atoms with Gasteiger partial charge in [0, 0.05) is 25.7 Å². The normalized spacial score (nSPS) is 23.3. The second-order valence-electron chi connectivity index (χ2n) is 10.6. The molecule has 30 heavy (non-hydrogen) atoms. The maximum Gasteiger partial charge on any atom is 0.494 e. The Morgan fingerprint density at radius 2 is 1.73 bits per heavy atom. The monoisotopic (exact) mass is 416 g/mol. The third-order valence-corrected chi connectivity index (χ3v) is 6.38. The lowest BCUT2D eigenvalue weighted by Crippen LogP contribution is -2.41. The average Bonchev–Trinajstić information content (AvgIpc) is 3.17. The van der Waals surface area contributed by atoms with Gasteiger partial charge in [-0.15, -0.1) is 0 Å². The number of hydrogen-bond acceptors (Lipinski definition) is 5. The van der Waals surface area contributed by atoms with Gasteiger partial charge in [-0.1, -0.05) is 24.3 Å². The van der Waals surface area contributed by atoms with Crippen molar-refractivity contribution in [3.05, 3.63) is 29.8 Å². The summed E-state index contributed by atoms with van der Waals surface area (Å²) in [5.41, 5.74) is 1.14. The Morgan fingerprint density at radius 3 is 2.27 bits per heavy atom. The van der Waals surface area contributed by atoms with Gasteiger partial charge in [-0.3, -0.25) is 4.90 Å². The SMILES string of the molecule is CN(Cc1ccc(B2OC(C)(C)C(C)(C)O2)cc1)[C@H]1CCN(C(=O)OC(C)(C)C)C1. The molecule has 0 radical (unpaired) electrons. The quantitative estimate of drug-likeness (QED) is 0.704. The van der Waals surface area contributed by atoms with Gasteiger partial charge in [0.05, 0.1) is 11.2 Å². The van der Waals surface area contributed by atoms with E-state index >= 15 is 0 Å². The van der Waals surface area contributed by atoms with E-state index < -0.39 is 5.60 Å². The lowest BCUT2D eigenvalue weighted by atomic mass is 9.79. The maximum atomic E-state index is 12.3. The zero-order chi connectivity index (χ0) is 22.3. The van der Waals surface area contributed by atoms with Crippen molar-refractivity contribution in [2.75, 3.05) is 20.1 Å². The molecule has 0 bridgehead atoms. The highest BCUT2D eigenvalue weighted by Gasteiger charge is 2.51. The minimum absolute atomic E-state index is 0.217. The standard InChI is InChI=1S/C23H37BN2O4/c1-21(2,3)28-20(27)26-14-13-19(16-26)25(8)15-17-9-11-18(12-10-17)24-29-22(4,5)23(6,7)30-24/h9-12,19H,13-16H2,1-8H3/t19-/m0/s1. The Bertz CT molecular complexity index is 741. The van der Waals surface area contributed by atoms with E-state index in [1.165, 1.54) is 5.56 Å². The number of carbonyl (C=O) groups excluding carboxylic acids is 1. The van der Waals surface area contributed by atoms with E-state index in [0.29, 0.717) is 12.6 Å². The third kappa shape index (κ3) is 5.18. The molecule has 0 aliphatic carbocycles. The van der Waals surface area contributed by atoms with E-state index in [-0.39, 0.29) is 24.4 Å². The van der Waals surface area contributed by atoms with E-state index in [1.807, 2.05) is 25.7 Å². The van der Waals surface area contributed by atoms with Crippen molar-refractivity contribution >= 4 is 18.7 Å². The van der Waals surface area contributed by atoms with Crippen LogP contribution in [0.5, 0.6) is 0 Å². The first-order valence-corrected chi connectivity index (χ1v) is 10.9. The number of amides is 1. The highest BCUT2D eigenvalue weighted by Crippen LogP contribution is 2.36. The predicted octanol–water partition coefficient (Wildman–Crippen LogP) is 3.43. The van der Waals surface area contributed by atoms with Crippen molar-refractivity contribution < 1.29 is 18.8 Å². The summed E-state index contributed by atoms with van der Waals surface area (Å²) in [5.74, 6) is 0. The van der Waals surface area contributed by atoms with Gasteiger partial charge in [0.15, 0.2) is 0 Å². The molecular weight excluding hydrogens is 379 g/mol. The third-order valence-electron chi connectivity index (χ3n) is 6.38. The largest absolute Gasteiger partial charge is 0.494 e. The number of likely N-dealkylation sites (N-methyl/N-ethyl adjacent to an activating group) is 1. The maximum absolute atomic E-state index is 12.3. The highest BCUT2D eigenvalue weighted by atomic mass is 16.7. The van der Waals surface area contributed by atoms with Gasteiger partial charge in [0.25, 0.3) is 0 Å². The first kappa shape index (κ1) is 23.1. The summed E-state index contributed by atoms with van der Waals surface area (Å²) < 4.78 is 17.8. The Hall–Kier alpha value is -1.57. The summed E-state index contributed by atoms with van der Waals surface area (Å²) in [7, 11) is 1.78. The molecule has 2 aliphatic rings. The molecule has 0 N–H and O–H groups in total. The summed E-state index contributed by atoms with van der Waals surface area (Å²) in [6, 6.07) is 8.79. The van der Waals surface area contributed by atoms with Crippen molar-refractivity contribution in [3.63, 3.8) is 0 Å². The molecule has 166 valence electrons. The molecule has 7 heteroatoms. The minimum Gasteiger partial charge on any atom is -0.444 e. The van der Waals surface area contributed by atoms with E-state index in [1.54, 1.807) is 0 Å². The molecule has 2 fully saturated rings. The molecule has 0 unspecified atom stereocenters. The van der Waals surface area contributed by atoms with Crippen LogP contribution >= 0.6 is 0 Å². The molecule has 0 aromatic heterocycles. The van der Waals surface area contributed by atoms with Crippen LogP contribution in [-0.4, -0.2) is 66.0 Å². The summed E-state index contributed by atoms with van der Waals surface area (Å²) in [6.07, 6.45) is 0.743. The van der Waals surface area contributed by atoms with Crippen LogP contribution in [0.1, 0.15) is 60.5 Å². The number of ether oxygens (including phenoxy) is 1. The van der Waals surface area contributed by atoms with E-state index in [4.69, 9.17) is 14.0 Å². The van der Waals surface area contributed by atoms with E-state index in [9.17, 15) is 4.79 Å². The van der Waals surface area contributed by atoms with Crippen molar-refractivity contribution in [1.29, 1.82) is 0 Å². The van der Waals surface area contributed by atoms with Crippen LogP contribution in [-0.2, 0) is 20.6 Å². The molecule has 1 amide bonds. The molecule has 2 aliphatic heterocycles. The van der Waals surface area contributed by atoms with Crippen LogP contribution in [0, 0.1) is 0 Å². The van der Waals surface area contributed by atoms with Crippen LogP contribution in [0.3, 0.4) is 0 Å². The van der Waals surface area contributed by atoms with Gasteiger partial charge in [-0.2, -0.15) is 0 Å². The van der Waals surface area contributed by atoms with Crippen LogP contribution in [0.15, 0.2) is 24.3 Å². The predicted molar refractivity (Wildman–Crippen MR) is 120 cm³/mol. The van der Waals surface area contributed by atoms with Gasteiger partial charge >= 0.3 is 13.2 Å². The second-order valence-corrected chi connectivity index (χ2v) is 10.6. The zero-order valence-electron chi connectivity index (χ0n) is 19.8. The lowest BCUT2D eigenvalue weighted by molar-refractivity contribution is 0.00578. The fraction of sp³-hybridized carbons (Fsp3) is 0.696. The molecule has 2 saturated heterocycles. The number of carbonyl (C=O) groups is 1.